The summed E-state index contributed by atoms with van der Waals surface area (Å²) in [5, 5.41) is 10.3. The van der Waals surface area contributed by atoms with E-state index in [1.54, 1.807) is 4.57 Å². The molecule has 40 heavy (non-hydrogen) atoms. The van der Waals surface area contributed by atoms with Crippen LogP contribution in [0, 0.1) is 0 Å². The van der Waals surface area contributed by atoms with E-state index in [9.17, 15) is 23.1 Å². The number of imidazole rings is 1. The summed E-state index contributed by atoms with van der Waals surface area (Å²) in [7, 11) is 0. The van der Waals surface area contributed by atoms with Gasteiger partial charge in [-0.1, -0.05) is 54.2 Å². The average molecular weight is 564 g/mol. The first-order valence-electron chi connectivity index (χ1n) is 12.6. The highest BCUT2D eigenvalue weighted by atomic mass is 32.2. The molecule has 11 heteroatoms. The van der Waals surface area contributed by atoms with Crippen LogP contribution in [0.4, 0.5) is 19.1 Å². The van der Waals surface area contributed by atoms with Gasteiger partial charge in [0.15, 0.2) is 5.16 Å². The molecule has 0 radical (unpaired) electrons. The van der Waals surface area contributed by atoms with Crippen LogP contribution in [0.15, 0.2) is 82.7 Å². The first kappa shape index (κ1) is 26.1. The van der Waals surface area contributed by atoms with E-state index in [0.29, 0.717) is 52.3 Å². The Balaban J connectivity index is 1.36. The Hall–Kier alpha value is -4.09. The maximum Gasteiger partial charge on any atom is 0.416 e. The van der Waals surface area contributed by atoms with Crippen LogP contribution in [0.1, 0.15) is 27.9 Å². The summed E-state index contributed by atoms with van der Waals surface area (Å²) in [6.45, 7) is 0.644. The Bertz CT molecular complexity index is 1750. The molecule has 0 bridgehead atoms. The molecule has 3 aromatic carbocycles. The summed E-state index contributed by atoms with van der Waals surface area (Å²) in [6.07, 6.45) is -3.97. The molecular formula is C29H24F3N5O2S. The number of benzene rings is 3. The number of anilines is 1. The van der Waals surface area contributed by atoms with Crippen molar-refractivity contribution in [2.45, 2.75) is 36.7 Å². The number of hydrogen-bond acceptors (Lipinski definition) is 6. The van der Waals surface area contributed by atoms with Crippen molar-refractivity contribution in [1.29, 1.82) is 0 Å². The fourth-order valence-electron chi connectivity index (χ4n) is 4.85. The molecule has 2 N–H and O–H groups in total. The molecule has 0 spiro atoms. The van der Waals surface area contributed by atoms with Crippen molar-refractivity contribution in [3.63, 3.8) is 0 Å². The van der Waals surface area contributed by atoms with E-state index < -0.39 is 11.7 Å². The Morgan fingerprint density at radius 2 is 1.73 bits per heavy atom. The standard InChI is InChI=1S/C29H24F3N5O2S/c30-29(31,32)20-10-11-24-25(14-20)34-27(33-24)36-13-12-23-22(15-36)26(39)37(21-8-2-1-3-9-21)28(35-23)40-17-19-7-5-4-6-18(19)16-38/h1-11,14,38H,12-13,15-17H2,(H,33,34). The molecule has 1 aliphatic rings. The van der Waals surface area contributed by atoms with Gasteiger partial charge in [0.25, 0.3) is 5.56 Å². The summed E-state index contributed by atoms with van der Waals surface area (Å²) in [5.41, 5.74) is 3.44. The van der Waals surface area contributed by atoms with Crippen LogP contribution in [-0.4, -0.2) is 31.2 Å². The van der Waals surface area contributed by atoms with Crippen molar-refractivity contribution < 1.29 is 18.3 Å². The second-order valence-electron chi connectivity index (χ2n) is 9.47. The van der Waals surface area contributed by atoms with Crippen molar-refractivity contribution >= 4 is 28.7 Å². The van der Waals surface area contributed by atoms with E-state index in [2.05, 4.69) is 9.97 Å². The van der Waals surface area contributed by atoms with Gasteiger partial charge in [0.05, 0.1) is 46.7 Å². The Morgan fingerprint density at radius 1 is 0.975 bits per heavy atom. The van der Waals surface area contributed by atoms with Gasteiger partial charge in [-0.2, -0.15) is 13.2 Å². The molecule has 0 fully saturated rings. The lowest BCUT2D eigenvalue weighted by atomic mass is 10.1. The minimum Gasteiger partial charge on any atom is -0.392 e. The largest absolute Gasteiger partial charge is 0.416 e. The summed E-state index contributed by atoms with van der Waals surface area (Å²) in [4.78, 5) is 28.2. The van der Waals surface area contributed by atoms with E-state index in [-0.39, 0.29) is 24.2 Å². The summed E-state index contributed by atoms with van der Waals surface area (Å²) < 4.78 is 41.2. The first-order chi connectivity index (χ1) is 19.3. The van der Waals surface area contributed by atoms with Crippen LogP contribution >= 0.6 is 11.8 Å². The molecule has 204 valence electrons. The highest BCUT2D eigenvalue weighted by Gasteiger charge is 2.31. The summed E-state index contributed by atoms with van der Waals surface area (Å²) in [5.74, 6) is 0.935. The number of rotatable bonds is 6. The zero-order chi connectivity index (χ0) is 27.9. The third kappa shape index (κ3) is 4.98. The number of aromatic nitrogens is 4. The zero-order valence-electron chi connectivity index (χ0n) is 21.2. The number of para-hydroxylation sites is 1. The quantitative estimate of drug-likeness (QED) is 0.210. The van der Waals surface area contributed by atoms with E-state index in [1.807, 2.05) is 59.5 Å². The molecule has 1 aliphatic heterocycles. The fourth-order valence-corrected chi connectivity index (χ4v) is 5.91. The monoisotopic (exact) mass is 563 g/mol. The summed E-state index contributed by atoms with van der Waals surface area (Å²) >= 11 is 1.43. The van der Waals surface area contributed by atoms with Crippen molar-refractivity contribution in [3.8, 4) is 5.69 Å². The van der Waals surface area contributed by atoms with Crippen LogP contribution in [0.25, 0.3) is 16.7 Å². The van der Waals surface area contributed by atoms with Gasteiger partial charge in [-0.15, -0.1) is 0 Å². The number of H-pyrrole nitrogens is 1. The van der Waals surface area contributed by atoms with Crippen molar-refractivity contribution in [3.05, 3.63) is 111 Å². The lowest BCUT2D eigenvalue weighted by Crippen LogP contribution is -2.38. The van der Waals surface area contributed by atoms with Crippen LogP contribution in [0.5, 0.6) is 0 Å². The van der Waals surface area contributed by atoms with Crippen LogP contribution in [-0.2, 0) is 31.5 Å². The third-order valence-electron chi connectivity index (χ3n) is 6.96. The normalized spacial score (nSPS) is 13.6. The minimum atomic E-state index is -4.45. The fraction of sp³-hybridized carbons (Fsp3) is 0.207. The number of aromatic amines is 1. The van der Waals surface area contributed by atoms with Gasteiger partial charge >= 0.3 is 6.18 Å². The summed E-state index contributed by atoms with van der Waals surface area (Å²) in [6, 6.07) is 20.3. The second-order valence-corrected chi connectivity index (χ2v) is 10.4. The van der Waals surface area contributed by atoms with Crippen molar-refractivity contribution in [2.75, 3.05) is 11.4 Å². The van der Waals surface area contributed by atoms with Gasteiger partial charge in [0.1, 0.15) is 0 Å². The Labute approximate surface area is 231 Å². The van der Waals surface area contributed by atoms with Crippen LogP contribution < -0.4 is 10.5 Å². The Morgan fingerprint density at radius 3 is 2.48 bits per heavy atom. The SMILES string of the molecule is O=c1c2c(nc(SCc3ccccc3CO)n1-c1ccccc1)CCN(c1nc3ccc(C(F)(F)F)cc3[nH]1)C2. The number of halogens is 3. The van der Waals surface area contributed by atoms with E-state index in [4.69, 9.17) is 4.98 Å². The van der Waals surface area contributed by atoms with Gasteiger partial charge < -0.3 is 15.0 Å². The van der Waals surface area contributed by atoms with Gasteiger partial charge in [0.2, 0.25) is 5.95 Å². The number of aliphatic hydroxyl groups excluding tert-OH is 1. The highest BCUT2D eigenvalue weighted by Crippen LogP contribution is 2.32. The smallest absolute Gasteiger partial charge is 0.392 e. The molecule has 7 nitrogen and oxygen atoms in total. The zero-order valence-corrected chi connectivity index (χ0v) is 22.0. The number of aliphatic hydroxyl groups is 1. The number of alkyl halides is 3. The molecule has 0 unspecified atom stereocenters. The molecule has 6 rings (SSSR count). The van der Waals surface area contributed by atoms with Crippen LogP contribution in [0.2, 0.25) is 0 Å². The van der Waals surface area contributed by atoms with Crippen LogP contribution in [0.3, 0.4) is 0 Å². The number of thioether (sulfide) groups is 1. The molecule has 0 atom stereocenters. The molecule has 2 aromatic heterocycles. The molecule has 0 saturated carbocycles. The van der Waals surface area contributed by atoms with Crippen molar-refractivity contribution in [2.24, 2.45) is 0 Å². The van der Waals surface area contributed by atoms with Gasteiger partial charge in [-0.05, 0) is 41.5 Å². The molecule has 5 aromatic rings. The number of nitrogens with zero attached hydrogens (tertiary/aromatic N) is 4. The lowest BCUT2D eigenvalue weighted by molar-refractivity contribution is -0.137. The molecule has 0 saturated heterocycles. The predicted octanol–water partition coefficient (Wildman–Crippen LogP) is 5.47. The van der Waals surface area contributed by atoms with Gasteiger partial charge in [-0.25, -0.2) is 9.97 Å². The van der Waals surface area contributed by atoms with Gasteiger partial charge in [-0.3, -0.25) is 9.36 Å². The third-order valence-corrected chi connectivity index (χ3v) is 7.94. The maximum absolute atomic E-state index is 14.0. The number of fused-ring (bicyclic) bond motifs is 2. The molecule has 0 amide bonds. The number of hydrogen-bond donors (Lipinski definition) is 2. The topological polar surface area (TPSA) is 87.0 Å². The number of nitrogens with one attached hydrogen (secondary N) is 1. The molecule has 3 heterocycles. The first-order valence-corrected chi connectivity index (χ1v) is 13.6. The lowest BCUT2D eigenvalue weighted by Gasteiger charge is -2.28. The van der Waals surface area contributed by atoms with E-state index in [0.717, 1.165) is 23.3 Å². The maximum atomic E-state index is 14.0. The Kier molecular flexibility index (Phi) is 6.85. The predicted molar refractivity (Wildman–Crippen MR) is 148 cm³/mol. The minimum absolute atomic E-state index is 0.0744. The second kappa shape index (κ2) is 10.5. The highest BCUT2D eigenvalue weighted by molar-refractivity contribution is 7.98. The van der Waals surface area contributed by atoms with E-state index >= 15 is 0 Å². The van der Waals surface area contributed by atoms with Gasteiger partial charge in [0, 0.05) is 18.7 Å². The molecule has 0 aliphatic carbocycles. The average Bonchev–Trinajstić information content (AvgIpc) is 3.40. The molecular weight excluding hydrogens is 539 g/mol. The van der Waals surface area contributed by atoms with Crippen molar-refractivity contribution in [1.82, 2.24) is 19.5 Å². The van der Waals surface area contributed by atoms with E-state index in [1.165, 1.54) is 17.8 Å².